The van der Waals surface area contributed by atoms with E-state index < -0.39 is 0 Å². The number of benzene rings is 1. The number of aromatic nitrogens is 4. The van der Waals surface area contributed by atoms with Crippen molar-refractivity contribution < 1.29 is 4.74 Å². The number of halogens is 1. The zero-order valence-corrected chi connectivity index (χ0v) is 17.9. The largest absolute Gasteiger partial charge is 0.464 e. The van der Waals surface area contributed by atoms with Gasteiger partial charge in [0.25, 0.3) is 5.56 Å². The highest BCUT2D eigenvalue weighted by atomic mass is 35.5. The van der Waals surface area contributed by atoms with E-state index in [1.807, 2.05) is 29.7 Å². The minimum absolute atomic E-state index is 0.0777. The van der Waals surface area contributed by atoms with Gasteiger partial charge in [0, 0.05) is 48.0 Å². The van der Waals surface area contributed by atoms with Crippen LogP contribution in [0.1, 0.15) is 25.0 Å². The van der Waals surface area contributed by atoms with Gasteiger partial charge in [0.05, 0.1) is 6.61 Å². The number of hydrogen-bond donors (Lipinski definition) is 1. The molecule has 3 aromatic rings. The molecular weight excluding hydrogens is 416 g/mol. The van der Waals surface area contributed by atoms with Crippen LogP contribution in [0.25, 0.3) is 0 Å². The van der Waals surface area contributed by atoms with Gasteiger partial charge < -0.3 is 19.5 Å². The lowest BCUT2D eigenvalue weighted by Crippen LogP contribution is -2.47. The predicted octanol–water partition coefficient (Wildman–Crippen LogP) is 3.45. The predicted molar refractivity (Wildman–Crippen MR) is 119 cm³/mol. The fourth-order valence-electron chi connectivity index (χ4n) is 4.46. The summed E-state index contributed by atoms with van der Waals surface area (Å²) in [5.41, 5.74) is 1.99. The van der Waals surface area contributed by atoms with Crippen LogP contribution in [0.5, 0.6) is 6.01 Å². The summed E-state index contributed by atoms with van der Waals surface area (Å²) in [6.45, 7) is 4.62. The molecule has 8 nitrogen and oxygen atoms in total. The van der Waals surface area contributed by atoms with Crippen LogP contribution in [0, 0.1) is 5.92 Å². The minimum atomic E-state index is 0.0777. The normalized spacial score (nSPS) is 19.6. The van der Waals surface area contributed by atoms with Crippen LogP contribution in [0.3, 0.4) is 0 Å². The van der Waals surface area contributed by atoms with Crippen molar-refractivity contribution in [1.29, 1.82) is 0 Å². The van der Waals surface area contributed by atoms with Crippen LogP contribution in [0.4, 0.5) is 17.6 Å². The van der Waals surface area contributed by atoms with Crippen LogP contribution in [0.15, 0.2) is 47.3 Å². The van der Waals surface area contributed by atoms with Crippen molar-refractivity contribution in [2.24, 2.45) is 5.92 Å². The number of fused-ring (bicyclic) bond motifs is 4. The highest BCUT2D eigenvalue weighted by Gasteiger charge is 2.35. The second-order valence-electron chi connectivity index (χ2n) is 7.91. The molecule has 0 aliphatic carbocycles. The standard InChI is InChI=1S/C22H23ClN6O2/c1-2-31-22-26-20(24-17-8-6-16(23)7-9-17)25-21(27-22)28-11-14-10-15(13-28)18-4-3-5-19(30)29(18)12-14/h3-9,14-15H,2,10-13H2,1H3,(H,24,25,26,27)/t14-,15-/m0/s1. The fraction of sp³-hybridized carbons (Fsp3) is 0.364. The number of nitrogens with zero attached hydrogens (tertiary/aromatic N) is 5. The van der Waals surface area contributed by atoms with Gasteiger partial charge in [0.1, 0.15) is 0 Å². The van der Waals surface area contributed by atoms with Gasteiger partial charge in [-0.3, -0.25) is 4.79 Å². The van der Waals surface area contributed by atoms with Crippen LogP contribution < -0.4 is 20.5 Å². The van der Waals surface area contributed by atoms with E-state index in [2.05, 4.69) is 31.2 Å². The minimum Gasteiger partial charge on any atom is -0.464 e. The Balaban J connectivity index is 1.45. The second-order valence-corrected chi connectivity index (χ2v) is 8.35. The first kappa shape index (κ1) is 19.8. The molecule has 0 unspecified atom stereocenters. The van der Waals surface area contributed by atoms with E-state index in [0.29, 0.717) is 29.4 Å². The molecule has 31 heavy (non-hydrogen) atoms. The smallest absolute Gasteiger partial charge is 0.323 e. The third-order valence-corrected chi connectivity index (χ3v) is 5.99. The Hall–Kier alpha value is -3.13. The number of piperidine rings is 1. The van der Waals surface area contributed by atoms with Crippen LogP contribution >= 0.6 is 11.6 Å². The van der Waals surface area contributed by atoms with Crippen LogP contribution in [0.2, 0.25) is 5.02 Å². The maximum Gasteiger partial charge on any atom is 0.323 e. The van der Waals surface area contributed by atoms with Crippen molar-refractivity contribution in [2.75, 3.05) is 29.9 Å². The maximum atomic E-state index is 12.3. The Bertz CT molecular complexity index is 1150. The lowest BCUT2D eigenvalue weighted by Gasteiger charge is -2.42. The molecular formula is C22H23ClN6O2. The SMILES string of the molecule is CCOc1nc(Nc2ccc(Cl)cc2)nc(N2C[C@@H]3C[C@@H](C2)c2cccc(=O)n2C3)n1. The molecule has 1 N–H and O–H groups in total. The summed E-state index contributed by atoms with van der Waals surface area (Å²) in [6, 6.07) is 13.2. The summed E-state index contributed by atoms with van der Waals surface area (Å²) in [5, 5.41) is 3.87. The van der Waals surface area contributed by atoms with Crippen LogP contribution in [-0.2, 0) is 6.54 Å². The van der Waals surface area contributed by atoms with E-state index in [1.165, 1.54) is 0 Å². The molecule has 0 amide bonds. The van der Waals surface area contributed by atoms with Crippen LogP contribution in [-0.4, -0.2) is 39.2 Å². The topological polar surface area (TPSA) is 85.2 Å². The number of ether oxygens (including phenoxy) is 1. The van der Waals surface area contributed by atoms with E-state index >= 15 is 0 Å². The van der Waals surface area contributed by atoms with Crippen molar-refractivity contribution in [2.45, 2.75) is 25.8 Å². The molecule has 2 aliphatic heterocycles. The molecule has 9 heteroatoms. The van der Waals surface area contributed by atoms with E-state index in [1.54, 1.807) is 18.2 Å². The summed E-state index contributed by atoms with van der Waals surface area (Å²) < 4.78 is 7.52. The summed E-state index contributed by atoms with van der Waals surface area (Å²) in [6.07, 6.45) is 1.07. The molecule has 1 aromatic carbocycles. The van der Waals surface area contributed by atoms with Crippen molar-refractivity contribution in [1.82, 2.24) is 19.5 Å². The average molecular weight is 439 g/mol. The molecule has 2 bridgehead atoms. The van der Waals surface area contributed by atoms with Gasteiger partial charge in [0.15, 0.2) is 0 Å². The fourth-order valence-corrected chi connectivity index (χ4v) is 4.58. The first-order valence-electron chi connectivity index (χ1n) is 10.4. The van der Waals surface area contributed by atoms with Gasteiger partial charge in [-0.25, -0.2) is 0 Å². The molecule has 0 saturated carbocycles. The number of hydrogen-bond acceptors (Lipinski definition) is 7. The Morgan fingerprint density at radius 3 is 2.74 bits per heavy atom. The second kappa shape index (κ2) is 8.19. The zero-order valence-electron chi connectivity index (χ0n) is 17.2. The molecule has 1 saturated heterocycles. The molecule has 2 aliphatic rings. The van der Waals surface area contributed by atoms with Crippen molar-refractivity contribution in [3.63, 3.8) is 0 Å². The van der Waals surface area contributed by atoms with Gasteiger partial charge in [0.2, 0.25) is 11.9 Å². The van der Waals surface area contributed by atoms with E-state index in [9.17, 15) is 4.79 Å². The first-order chi connectivity index (χ1) is 15.1. The summed E-state index contributed by atoms with van der Waals surface area (Å²) in [5.74, 6) is 1.63. The van der Waals surface area contributed by atoms with E-state index in [-0.39, 0.29) is 17.5 Å². The molecule has 1 fully saturated rings. The zero-order chi connectivity index (χ0) is 21.4. The van der Waals surface area contributed by atoms with Gasteiger partial charge in [-0.05, 0) is 49.6 Å². The monoisotopic (exact) mass is 438 g/mol. The third-order valence-electron chi connectivity index (χ3n) is 5.74. The van der Waals surface area contributed by atoms with Gasteiger partial charge in [-0.2, -0.15) is 15.0 Å². The first-order valence-corrected chi connectivity index (χ1v) is 10.8. The number of pyridine rings is 1. The van der Waals surface area contributed by atoms with E-state index in [0.717, 1.165) is 37.4 Å². The number of anilines is 3. The number of nitrogens with one attached hydrogen (secondary N) is 1. The van der Waals surface area contributed by atoms with Gasteiger partial charge in [-0.15, -0.1) is 0 Å². The quantitative estimate of drug-likeness (QED) is 0.652. The summed E-state index contributed by atoms with van der Waals surface area (Å²) in [7, 11) is 0. The highest BCUT2D eigenvalue weighted by Crippen LogP contribution is 2.36. The lowest BCUT2D eigenvalue weighted by atomic mass is 9.83. The Morgan fingerprint density at radius 1 is 1.10 bits per heavy atom. The molecule has 4 heterocycles. The molecule has 5 rings (SSSR count). The summed E-state index contributed by atoms with van der Waals surface area (Å²) in [4.78, 5) is 28.1. The molecule has 2 atom stereocenters. The van der Waals surface area contributed by atoms with Gasteiger partial charge >= 0.3 is 6.01 Å². The Morgan fingerprint density at radius 2 is 1.94 bits per heavy atom. The van der Waals surface area contributed by atoms with E-state index in [4.69, 9.17) is 16.3 Å². The third kappa shape index (κ3) is 4.07. The van der Waals surface area contributed by atoms with Crippen molar-refractivity contribution >= 4 is 29.2 Å². The maximum absolute atomic E-state index is 12.3. The van der Waals surface area contributed by atoms with Crippen molar-refractivity contribution in [3.05, 3.63) is 63.5 Å². The lowest BCUT2D eigenvalue weighted by molar-refractivity contribution is 0.277. The molecule has 160 valence electrons. The molecule has 2 aromatic heterocycles. The average Bonchev–Trinajstić information content (AvgIpc) is 2.76. The summed E-state index contributed by atoms with van der Waals surface area (Å²) >= 11 is 5.98. The number of rotatable bonds is 5. The van der Waals surface area contributed by atoms with Gasteiger partial charge in [-0.1, -0.05) is 17.7 Å². The Labute approximate surface area is 184 Å². The van der Waals surface area contributed by atoms with Crippen molar-refractivity contribution in [3.8, 4) is 6.01 Å². The molecule has 0 spiro atoms. The highest BCUT2D eigenvalue weighted by molar-refractivity contribution is 6.30. The Kier molecular flexibility index (Phi) is 5.23. The molecule has 0 radical (unpaired) electrons.